The molecule has 2 nitrogen and oxygen atoms in total. The Bertz CT molecular complexity index is 967. The van der Waals surface area contributed by atoms with E-state index in [-0.39, 0.29) is 16.5 Å². The summed E-state index contributed by atoms with van der Waals surface area (Å²) in [5.74, 6) is 2.40. The first-order valence-corrected chi connectivity index (χ1v) is 16.6. The predicted octanol–water partition coefficient (Wildman–Crippen LogP) is 9.67. The van der Waals surface area contributed by atoms with E-state index in [2.05, 4.69) is 80.8 Å². The van der Waals surface area contributed by atoms with Gasteiger partial charge in [-0.15, -0.1) is 0 Å². The van der Waals surface area contributed by atoms with E-state index in [0.717, 1.165) is 17.8 Å². The topological polar surface area (TPSA) is 6.48 Å². The summed E-state index contributed by atoms with van der Waals surface area (Å²) in [4.78, 5) is 6.26. The number of para-hydroxylation sites is 1. The fraction of sp³-hybridized carbons (Fsp3) is 0.778. The molecule has 38 heavy (non-hydrogen) atoms. The van der Waals surface area contributed by atoms with Crippen molar-refractivity contribution in [1.29, 1.82) is 0 Å². The minimum absolute atomic E-state index is 0.122. The zero-order valence-corrected chi connectivity index (χ0v) is 25.4. The van der Waals surface area contributed by atoms with E-state index < -0.39 is 0 Å². The molecule has 210 valence electrons. The molecular weight excluding hydrogens is 460 g/mol. The second-order valence-electron chi connectivity index (χ2n) is 15.2. The maximum Gasteiger partial charge on any atom is 0.0889 e. The zero-order chi connectivity index (χ0) is 26.5. The lowest BCUT2D eigenvalue weighted by molar-refractivity contribution is -0.0250. The zero-order valence-electron chi connectivity index (χ0n) is 25.4. The molecule has 3 aliphatic carbocycles. The van der Waals surface area contributed by atoms with Gasteiger partial charge in [0.25, 0.3) is 0 Å². The summed E-state index contributed by atoms with van der Waals surface area (Å²) < 4.78 is 0. The highest BCUT2D eigenvalue weighted by atomic mass is 15.5. The lowest BCUT2D eigenvalue weighted by atomic mass is 9.70. The van der Waals surface area contributed by atoms with Gasteiger partial charge in [-0.3, -0.25) is 4.90 Å². The van der Waals surface area contributed by atoms with Crippen LogP contribution in [0.4, 0.5) is 5.69 Å². The van der Waals surface area contributed by atoms with Crippen molar-refractivity contribution < 1.29 is 0 Å². The second-order valence-corrected chi connectivity index (χ2v) is 15.2. The fourth-order valence-corrected chi connectivity index (χ4v) is 10.3. The Balaban J connectivity index is 1.56. The van der Waals surface area contributed by atoms with Crippen LogP contribution in [0.15, 0.2) is 36.4 Å². The molecule has 4 fully saturated rings. The van der Waals surface area contributed by atoms with E-state index in [1.807, 2.05) is 0 Å². The summed E-state index contributed by atoms with van der Waals surface area (Å²) in [6.07, 6.45) is 27.5. The molecule has 5 aliphatic rings. The van der Waals surface area contributed by atoms with Crippen LogP contribution in [-0.4, -0.2) is 28.2 Å². The maximum absolute atomic E-state index is 3.21. The van der Waals surface area contributed by atoms with Crippen molar-refractivity contribution in [2.24, 2.45) is 23.2 Å². The molecular formula is C36H56N2. The van der Waals surface area contributed by atoms with Gasteiger partial charge in [0.15, 0.2) is 0 Å². The van der Waals surface area contributed by atoms with Crippen molar-refractivity contribution in [3.8, 4) is 0 Å². The second kappa shape index (κ2) is 10.3. The summed E-state index contributed by atoms with van der Waals surface area (Å²) in [6, 6.07) is 9.90. The highest BCUT2D eigenvalue weighted by molar-refractivity contribution is 5.60. The van der Waals surface area contributed by atoms with Gasteiger partial charge in [-0.2, -0.15) is 0 Å². The number of rotatable bonds is 4. The Kier molecular flexibility index (Phi) is 7.28. The Morgan fingerprint density at radius 2 is 1.21 bits per heavy atom. The summed E-state index contributed by atoms with van der Waals surface area (Å²) in [6.45, 7) is 12.7. The molecule has 3 saturated carbocycles. The first-order valence-electron chi connectivity index (χ1n) is 16.6. The van der Waals surface area contributed by atoms with E-state index in [1.165, 1.54) is 108 Å². The third kappa shape index (κ3) is 4.13. The maximum atomic E-state index is 3.21. The average Bonchev–Trinajstić information content (AvgIpc) is 3.65. The van der Waals surface area contributed by atoms with Gasteiger partial charge in [-0.25, -0.2) is 0 Å². The molecule has 1 aromatic rings. The molecule has 0 radical (unpaired) electrons. The standard InChI is InChI=1S/C36H56N2/c1-27-17-11-16-24-31(27)37-33(34(2,3)4)38-32(35(37,5)28-18-9-7-6-8-10-19-28)25-26-36(38,29-20-12-13-21-29)30-22-14-15-23-30/h11,16-17,24-26,28-30,32-33H,6-10,12-15,18-23H2,1-5H3/t32?,33?,35-/m0/s1. The first kappa shape index (κ1) is 26.9. The van der Waals surface area contributed by atoms with Gasteiger partial charge in [0.1, 0.15) is 0 Å². The average molecular weight is 517 g/mol. The SMILES string of the molecule is Cc1ccccc1N1C(C(C)(C)C)N2C(C=CC2(C2CCCC2)C2CCCC2)[C@]1(C)C1CCCCCCC1. The molecule has 1 aromatic carbocycles. The molecule has 2 heterocycles. The van der Waals surface area contributed by atoms with Gasteiger partial charge in [0.05, 0.1) is 17.7 Å². The number of nitrogens with zero attached hydrogens (tertiary/aromatic N) is 2. The Hall–Kier alpha value is -1.28. The van der Waals surface area contributed by atoms with Gasteiger partial charge >= 0.3 is 0 Å². The van der Waals surface area contributed by atoms with Crippen LogP contribution in [0.25, 0.3) is 0 Å². The van der Waals surface area contributed by atoms with Gasteiger partial charge in [0, 0.05) is 11.2 Å². The molecule has 0 spiro atoms. The highest BCUT2D eigenvalue weighted by Gasteiger charge is 2.68. The van der Waals surface area contributed by atoms with Crippen molar-refractivity contribution in [3.05, 3.63) is 42.0 Å². The normalized spacial score (nSPS) is 33.7. The number of anilines is 1. The minimum Gasteiger partial charge on any atom is -0.347 e. The molecule has 0 bridgehead atoms. The van der Waals surface area contributed by atoms with Crippen LogP contribution < -0.4 is 4.90 Å². The molecule has 1 saturated heterocycles. The van der Waals surface area contributed by atoms with Gasteiger partial charge in [0.2, 0.25) is 0 Å². The third-order valence-corrected chi connectivity index (χ3v) is 12.0. The number of fused-ring (bicyclic) bond motifs is 1. The van der Waals surface area contributed by atoms with Crippen LogP contribution in [0.3, 0.4) is 0 Å². The summed E-state index contributed by atoms with van der Waals surface area (Å²) >= 11 is 0. The van der Waals surface area contributed by atoms with Crippen molar-refractivity contribution >= 4 is 5.69 Å². The summed E-state index contributed by atoms with van der Waals surface area (Å²) in [5, 5.41) is 0. The van der Waals surface area contributed by atoms with E-state index in [9.17, 15) is 0 Å². The van der Waals surface area contributed by atoms with Crippen LogP contribution in [0.1, 0.15) is 130 Å². The van der Waals surface area contributed by atoms with Crippen LogP contribution >= 0.6 is 0 Å². The number of aryl methyl sites for hydroxylation is 1. The number of hydrogen-bond donors (Lipinski definition) is 0. The number of hydrogen-bond acceptors (Lipinski definition) is 2. The van der Waals surface area contributed by atoms with Gasteiger partial charge in [-0.05, 0) is 87.2 Å². The van der Waals surface area contributed by atoms with Crippen LogP contribution in [-0.2, 0) is 0 Å². The van der Waals surface area contributed by atoms with Crippen molar-refractivity contribution in [2.45, 2.75) is 154 Å². The Morgan fingerprint density at radius 1 is 0.711 bits per heavy atom. The van der Waals surface area contributed by atoms with Crippen LogP contribution in [0.2, 0.25) is 0 Å². The van der Waals surface area contributed by atoms with Crippen molar-refractivity contribution in [3.63, 3.8) is 0 Å². The van der Waals surface area contributed by atoms with Gasteiger partial charge < -0.3 is 4.90 Å². The monoisotopic (exact) mass is 516 g/mol. The van der Waals surface area contributed by atoms with E-state index >= 15 is 0 Å². The fourth-order valence-electron chi connectivity index (χ4n) is 10.3. The van der Waals surface area contributed by atoms with E-state index in [1.54, 1.807) is 0 Å². The molecule has 2 unspecified atom stereocenters. The molecule has 2 aliphatic heterocycles. The Morgan fingerprint density at radius 3 is 1.76 bits per heavy atom. The largest absolute Gasteiger partial charge is 0.347 e. The summed E-state index contributed by atoms with van der Waals surface area (Å²) in [7, 11) is 0. The van der Waals surface area contributed by atoms with E-state index in [0.29, 0.717) is 12.2 Å². The van der Waals surface area contributed by atoms with Gasteiger partial charge in [-0.1, -0.05) is 109 Å². The molecule has 0 N–H and O–H groups in total. The lowest BCUT2D eigenvalue weighted by Crippen LogP contribution is -2.62. The predicted molar refractivity (Wildman–Crippen MR) is 163 cm³/mol. The minimum atomic E-state index is 0.122. The molecule has 0 aromatic heterocycles. The third-order valence-electron chi connectivity index (χ3n) is 12.0. The van der Waals surface area contributed by atoms with Crippen LogP contribution in [0.5, 0.6) is 0 Å². The molecule has 6 rings (SSSR count). The smallest absolute Gasteiger partial charge is 0.0889 e. The van der Waals surface area contributed by atoms with Crippen LogP contribution in [0, 0.1) is 30.1 Å². The summed E-state index contributed by atoms with van der Waals surface area (Å²) in [5.41, 5.74) is 3.49. The van der Waals surface area contributed by atoms with E-state index in [4.69, 9.17) is 0 Å². The quantitative estimate of drug-likeness (QED) is 0.367. The highest BCUT2D eigenvalue weighted by Crippen LogP contribution is 2.62. The Labute approximate surface area is 234 Å². The number of benzene rings is 1. The first-order chi connectivity index (χ1) is 18.3. The molecule has 2 heteroatoms. The van der Waals surface area contributed by atoms with Crippen molar-refractivity contribution in [1.82, 2.24) is 4.90 Å². The van der Waals surface area contributed by atoms with Crippen molar-refractivity contribution in [2.75, 3.05) is 4.90 Å². The lowest BCUT2D eigenvalue weighted by Gasteiger charge is -2.54. The molecule has 0 amide bonds. The molecule has 3 atom stereocenters.